The lowest BCUT2D eigenvalue weighted by atomic mass is 9.88. The van der Waals surface area contributed by atoms with Crippen molar-refractivity contribution in [2.24, 2.45) is 5.73 Å². The van der Waals surface area contributed by atoms with Gasteiger partial charge in [-0.25, -0.2) is 0 Å². The van der Waals surface area contributed by atoms with Crippen molar-refractivity contribution in [3.63, 3.8) is 0 Å². The van der Waals surface area contributed by atoms with Gasteiger partial charge >= 0.3 is 6.61 Å². The number of hydrogen-bond acceptors (Lipinski definition) is 5. The molecule has 1 aliphatic carbocycles. The van der Waals surface area contributed by atoms with Gasteiger partial charge in [0.1, 0.15) is 6.29 Å². The zero-order valence-electron chi connectivity index (χ0n) is 14.6. The molecule has 1 saturated carbocycles. The zero-order valence-corrected chi connectivity index (χ0v) is 14.6. The highest BCUT2D eigenvalue weighted by molar-refractivity contribution is 5.75. The second-order valence-electron chi connectivity index (χ2n) is 5.66. The van der Waals surface area contributed by atoms with E-state index in [1.165, 1.54) is 12.1 Å². The highest BCUT2D eigenvalue weighted by Crippen LogP contribution is 2.34. The van der Waals surface area contributed by atoms with Gasteiger partial charge in [0.15, 0.2) is 11.5 Å². The monoisotopic (exact) mass is 370 g/mol. The maximum atomic E-state index is 12.0. The molecule has 0 unspecified atom stereocenters. The maximum absolute atomic E-state index is 12.0. The summed E-state index contributed by atoms with van der Waals surface area (Å²) in [6.45, 7) is -2.95. The van der Waals surface area contributed by atoms with Crippen LogP contribution in [0, 0.1) is 0 Å². The van der Waals surface area contributed by atoms with Crippen LogP contribution in [-0.4, -0.2) is 31.0 Å². The molecule has 8 heteroatoms. The molecule has 144 valence electrons. The normalized spacial score (nSPS) is 12.5. The van der Waals surface area contributed by atoms with Crippen LogP contribution < -0.4 is 15.8 Å². The quantitative estimate of drug-likeness (QED) is 0.506. The van der Waals surface area contributed by atoms with Gasteiger partial charge in [-0.05, 0) is 49.5 Å². The van der Waals surface area contributed by atoms with Crippen LogP contribution in [0.4, 0.5) is 8.78 Å². The van der Waals surface area contributed by atoms with Crippen LogP contribution in [0.15, 0.2) is 23.8 Å². The van der Waals surface area contributed by atoms with Crippen molar-refractivity contribution in [2.45, 2.75) is 45.1 Å². The molecule has 1 fully saturated rings. The minimum absolute atomic E-state index is 0.00292. The first-order valence-corrected chi connectivity index (χ1v) is 8.29. The highest BCUT2D eigenvalue weighted by Gasteiger charge is 2.15. The van der Waals surface area contributed by atoms with E-state index in [-0.39, 0.29) is 17.4 Å². The Balaban J connectivity index is 0.000000321. The second-order valence-corrected chi connectivity index (χ2v) is 5.66. The van der Waals surface area contributed by atoms with E-state index in [9.17, 15) is 23.5 Å². The van der Waals surface area contributed by atoms with E-state index in [4.69, 9.17) is 5.73 Å². The molecule has 0 bridgehead atoms. The summed E-state index contributed by atoms with van der Waals surface area (Å²) in [5, 5.41) is 12.0. The molecule has 0 atom stereocenters. The summed E-state index contributed by atoms with van der Waals surface area (Å²) >= 11 is 0. The smallest absolute Gasteiger partial charge is 0.387 e. The molecule has 0 spiro atoms. The molecular formula is C18H24F2N2O4. The Morgan fingerprint density at radius 3 is 2.58 bits per heavy atom. The molecule has 0 aliphatic heterocycles. The van der Waals surface area contributed by atoms with Crippen molar-refractivity contribution in [1.82, 2.24) is 5.32 Å². The van der Waals surface area contributed by atoms with Gasteiger partial charge in [0, 0.05) is 31.1 Å². The molecule has 0 heterocycles. The van der Waals surface area contributed by atoms with Crippen LogP contribution in [0.2, 0.25) is 0 Å². The SMILES string of the molecule is CNC(=O)CCCC=O.NC(=C1CCC1)c1ccc(OC(F)F)c(O)c1. The van der Waals surface area contributed by atoms with Crippen LogP contribution in [0.3, 0.4) is 0 Å². The summed E-state index contributed by atoms with van der Waals surface area (Å²) in [6.07, 6.45) is 5.45. The molecule has 0 aromatic heterocycles. The number of benzene rings is 1. The molecule has 26 heavy (non-hydrogen) atoms. The van der Waals surface area contributed by atoms with Crippen molar-refractivity contribution in [2.75, 3.05) is 7.05 Å². The average molecular weight is 370 g/mol. The number of aldehydes is 1. The third kappa shape index (κ3) is 7.08. The molecule has 1 amide bonds. The molecule has 1 aliphatic rings. The molecule has 0 saturated heterocycles. The Morgan fingerprint density at radius 1 is 1.42 bits per heavy atom. The number of phenolic OH excluding ortho intramolecular Hbond substituents is 1. The Bertz CT molecular complexity index is 642. The van der Waals surface area contributed by atoms with Crippen LogP contribution in [0.1, 0.15) is 44.1 Å². The van der Waals surface area contributed by atoms with E-state index >= 15 is 0 Å². The largest absolute Gasteiger partial charge is 0.504 e. The van der Waals surface area contributed by atoms with E-state index in [1.54, 1.807) is 13.1 Å². The summed E-state index contributed by atoms with van der Waals surface area (Å²) in [5.74, 6) is -0.572. The third-order valence-electron chi connectivity index (χ3n) is 3.83. The Hall–Kier alpha value is -2.64. The molecular weight excluding hydrogens is 346 g/mol. The molecule has 6 nitrogen and oxygen atoms in total. The third-order valence-corrected chi connectivity index (χ3v) is 3.83. The number of amides is 1. The number of ether oxygens (including phenoxy) is 1. The number of carbonyl (C=O) groups excluding carboxylic acids is 2. The number of aromatic hydroxyl groups is 1. The van der Waals surface area contributed by atoms with E-state index in [0.717, 1.165) is 31.1 Å². The number of halogens is 2. The van der Waals surface area contributed by atoms with Crippen LogP contribution >= 0.6 is 0 Å². The van der Waals surface area contributed by atoms with Crippen LogP contribution in [0.25, 0.3) is 5.70 Å². The average Bonchev–Trinajstić information content (AvgIpc) is 2.55. The number of rotatable bonds is 7. The molecule has 2 rings (SSSR count). The van der Waals surface area contributed by atoms with Gasteiger partial charge in [-0.2, -0.15) is 8.78 Å². The number of nitrogens with two attached hydrogens (primary N) is 1. The molecule has 1 aromatic rings. The van der Waals surface area contributed by atoms with E-state index < -0.39 is 6.61 Å². The summed E-state index contributed by atoms with van der Waals surface area (Å²) in [5.41, 5.74) is 8.30. The number of nitrogens with one attached hydrogen (secondary N) is 1. The number of allylic oxidation sites excluding steroid dienone is 1. The van der Waals surface area contributed by atoms with E-state index in [2.05, 4.69) is 10.1 Å². The van der Waals surface area contributed by atoms with E-state index in [0.29, 0.717) is 30.5 Å². The van der Waals surface area contributed by atoms with Crippen molar-refractivity contribution >= 4 is 17.9 Å². The number of alkyl halides is 2. The first-order valence-electron chi connectivity index (χ1n) is 8.29. The molecule has 4 N–H and O–H groups in total. The lowest BCUT2D eigenvalue weighted by Gasteiger charge is -2.20. The predicted octanol–water partition coefficient (Wildman–Crippen LogP) is 2.95. The van der Waals surface area contributed by atoms with Gasteiger partial charge in [0.2, 0.25) is 5.91 Å². The Morgan fingerprint density at radius 2 is 2.12 bits per heavy atom. The Labute approximate surface area is 151 Å². The van der Waals surface area contributed by atoms with Crippen LogP contribution in [-0.2, 0) is 9.59 Å². The van der Waals surface area contributed by atoms with Gasteiger partial charge in [0.05, 0.1) is 0 Å². The second kappa shape index (κ2) is 11.1. The fraction of sp³-hybridized carbons (Fsp3) is 0.444. The molecule has 1 aromatic carbocycles. The minimum Gasteiger partial charge on any atom is -0.504 e. The summed E-state index contributed by atoms with van der Waals surface area (Å²) < 4.78 is 28.1. The standard InChI is InChI=1S/C12H13F2NO2.C6H11NO2/c13-12(14)17-10-5-4-8(6-9(10)16)11(15)7-2-1-3-7;1-7-6(9)4-2-3-5-8/h4-6,12,16H,1-3,15H2;5H,2-4H2,1H3,(H,7,9). The summed E-state index contributed by atoms with van der Waals surface area (Å²) in [6, 6.07) is 4.21. The summed E-state index contributed by atoms with van der Waals surface area (Å²) in [7, 11) is 1.59. The number of hydrogen-bond donors (Lipinski definition) is 3. The van der Waals surface area contributed by atoms with Crippen LogP contribution in [0.5, 0.6) is 11.5 Å². The van der Waals surface area contributed by atoms with Gasteiger partial charge in [-0.15, -0.1) is 0 Å². The highest BCUT2D eigenvalue weighted by atomic mass is 19.3. The van der Waals surface area contributed by atoms with E-state index in [1.807, 2.05) is 0 Å². The fourth-order valence-electron chi connectivity index (χ4n) is 2.18. The maximum Gasteiger partial charge on any atom is 0.387 e. The van der Waals surface area contributed by atoms with Gasteiger partial charge < -0.3 is 25.7 Å². The van der Waals surface area contributed by atoms with Crippen molar-refractivity contribution < 1.29 is 28.2 Å². The lowest BCUT2D eigenvalue weighted by Crippen LogP contribution is -2.16. The molecule has 0 radical (unpaired) electrons. The number of phenols is 1. The number of unbranched alkanes of at least 4 members (excludes halogenated alkanes) is 1. The first kappa shape index (κ1) is 21.4. The predicted molar refractivity (Wildman–Crippen MR) is 93.7 cm³/mol. The topological polar surface area (TPSA) is 102 Å². The van der Waals surface area contributed by atoms with Crippen molar-refractivity contribution in [3.05, 3.63) is 29.3 Å². The number of carbonyl (C=O) groups is 2. The van der Waals surface area contributed by atoms with Crippen molar-refractivity contribution in [1.29, 1.82) is 0 Å². The van der Waals surface area contributed by atoms with Gasteiger partial charge in [0.25, 0.3) is 0 Å². The van der Waals surface area contributed by atoms with Gasteiger partial charge in [-0.3, -0.25) is 4.79 Å². The minimum atomic E-state index is -2.95. The zero-order chi connectivity index (χ0) is 19.5. The fourth-order valence-corrected chi connectivity index (χ4v) is 2.18. The Kier molecular flexibility index (Phi) is 9.11. The summed E-state index contributed by atoms with van der Waals surface area (Å²) in [4.78, 5) is 20.2. The van der Waals surface area contributed by atoms with Crippen molar-refractivity contribution in [3.8, 4) is 11.5 Å². The lowest BCUT2D eigenvalue weighted by molar-refractivity contribution is -0.120. The van der Waals surface area contributed by atoms with Gasteiger partial charge in [-0.1, -0.05) is 0 Å². The first-order chi connectivity index (χ1) is 12.4.